The summed E-state index contributed by atoms with van der Waals surface area (Å²) in [5.41, 5.74) is 1.75. The van der Waals surface area contributed by atoms with Crippen molar-refractivity contribution >= 4 is 17.0 Å². The number of nitrogens with one attached hydrogen (secondary N) is 1. The minimum absolute atomic E-state index is 0.0215. The first-order chi connectivity index (χ1) is 9.49. The third-order valence-electron chi connectivity index (χ3n) is 3.25. The Balaban J connectivity index is 2.15. The van der Waals surface area contributed by atoms with Crippen molar-refractivity contribution < 1.29 is 4.92 Å². The number of hydrogen-bond acceptors (Lipinski definition) is 5. The lowest BCUT2D eigenvalue weighted by Gasteiger charge is -2.19. The Bertz CT molecular complexity index is 598. The largest absolute Gasteiger partial charge is 0.302 e. The summed E-state index contributed by atoms with van der Waals surface area (Å²) in [6, 6.07) is 5.49. The number of nitro groups is 1. The molecule has 1 aromatic carbocycles. The Morgan fingerprint density at radius 1 is 1.35 bits per heavy atom. The van der Waals surface area contributed by atoms with Crippen LogP contribution in [0.2, 0.25) is 0 Å². The zero-order valence-electron chi connectivity index (χ0n) is 11.7. The van der Waals surface area contributed by atoms with Crippen molar-refractivity contribution in [3.8, 4) is 0 Å². The molecule has 0 saturated heterocycles. The van der Waals surface area contributed by atoms with Gasteiger partial charge < -0.3 is 5.32 Å². The summed E-state index contributed by atoms with van der Waals surface area (Å²) >= 11 is 1.60. The number of nitro benzene ring substituents is 1. The summed E-state index contributed by atoms with van der Waals surface area (Å²) in [6.07, 6.45) is 1.78. The molecule has 0 amide bonds. The summed E-state index contributed by atoms with van der Waals surface area (Å²) in [5.74, 6) is 0. The second-order valence-corrected chi connectivity index (χ2v) is 5.71. The summed E-state index contributed by atoms with van der Waals surface area (Å²) in [6.45, 7) is 5.79. The Labute approximate surface area is 121 Å². The van der Waals surface area contributed by atoms with Gasteiger partial charge in [0, 0.05) is 29.2 Å². The first-order valence-electron chi connectivity index (χ1n) is 6.39. The van der Waals surface area contributed by atoms with Crippen LogP contribution in [-0.4, -0.2) is 9.91 Å². The first-order valence-corrected chi connectivity index (χ1v) is 7.27. The van der Waals surface area contributed by atoms with Crippen LogP contribution in [0.1, 0.15) is 42.1 Å². The lowest BCUT2D eigenvalue weighted by atomic mass is 10.0. The molecule has 0 aliphatic rings. The Morgan fingerprint density at radius 2 is 2.10 bits per heavy atom. The summed E-state index contributed by atoms with van der Waals surface area (Å²) in [5, 5.41) is 17.3. The molecule has 0 aliphatic carbocycles. The van der Waals surface area contributed by atoms with Gasteiger partial charge in [-0.05, 0) is 26.3 Å². The van der Waals surface area contributed by atoms with E-state index in [9.17, 15) is 10.1 Å². The fourth-order valence-corrected chi connectivity index (χ4v) is 2.74. The van der Waals surface area contributed by atoms with Crippen molar-refractivity contribution in [1.29, 1.82) is 0 Å². The number of nitrogens with zero attached hydrogens (tertiary/aromatic N) is 2. The van der Waals surface area contributed by atoms with Gasteiger partial charge in [0.25, 0.3) is 5.69 Å². The van der Waals surface area contributed by atoms with Crippen LogP contribution in [0.25, 0.3) is 0 Å². The van der Waals surface area contributed by atoms with Gasteiger partial charge in [0.2, 0.25) is 0 Å². The smallest absolute Gasteiger partial charge is 0.272 e. The molecule has 1 heterocycles. The molecule has 2 atom stereocenters. The third kappa shape index (κ3) is 3.20. The average molecular weight is 291 g/mol. The highest BCUT2D eigenvalue weighted by Gasteiger charge is 2.17. The van der Waals surface area contributed by atoms with E-state index in [0.29, 0.717) is 5.56 Å². The van der Waals surface area contributed by atoms with Gasteiger partial charge in [0.15, 0.2) is 0 Å². The van der Waals surface area contributed by atoms with Crippen LogP contribution in [-0.2, 0) is 0 Å². The van der Waals surface area contributed by atoms with Gasteiger partial charge in [-0.3, -0.25) is 10.1 Å². The number of aryl methyl sites for hydroxylation is 1. The molecule has 20 heavy (non-hydrogen) atoms. The maximum atomic E-state index is 11.0. The zero-order valence-corrected chi connectivity index (χ0v) is 12.5. The van der Waals surface area contributed by atoms with Gasteiger partial charge in [0.05, 0.1) is 11.0 Å². The molecular formula is C14H17N3O2S. The SMILES string of the molecule is Cc1ccc(C(C)NC(C)c2nccs2)cc1[N+](=O)[O-]. The van der Waals surface area contributed by atoms with E-state index in [-0.39, 0.29) is 22.7 Å². The highest BCUT2D eigenvalue weighted by molar-refractivity contribution is 7.09. The summed E-state index contributed by atoms with van der Waals surface area (Å²) in [4.78, 5) is 14.9. The van der Waals surface area contributed by atoms with Crippen molar-refractivity contribution in [2.45, 2.75) is 32.9 Å². The minimum Gasteiger partial charge on any atom is -0.302 e. The van der Waals surface area contributed by atoms with Gasteiger partial charge in [-0.15, -0.1) is 11.3 Å². The predicted molar refractivity (Wildman–Crippen MR) is 79.9 cm³/mol. The number of hydrogen-bond donors (Lipinski definition) is 1. The number of benzene rings is 1. The van der Waals surface area contributed by atoms with Gasteiger partial charge in [-0.1, -0.05) is 12.1 Å². The van der Waals surface area contributed by atoms with E-state index < -0.39 is 0 Å². The lowest BCUT2D eigenvalue weighted by molar-refractivity contribution is -0.385. The number of rotatable bonds is 5. The van der Waals surface area contributed by atoms with E-state index in [0.717, 1.165) is 10.6 Å². The van der Waals surface area contributed by atoms with Gasteiger partial charge in [0.1, 0.15) is 5.01 Å². The molecule has 2 rings (SSSR count). The van der Waals surface area contributed by atoms with E-state index in [4.69, 9.17) is 0 Å². The molecule has 0 aliphatic heterocycles. The molecule has 0 bridgehead atoms. The zero-order chi connectivity index (χ0) is 14.7. The maximum absolute atomic E-state index is 11.0. The van der Waals surface area contributed by atoms with Crippen molar-refractivity contribution in [2.24, 2.45) is 0 Å². The molecule has 5 nitrogen and oxygen atoms in total. The number of aromatic nitrogens is 1. The van der Waals surface area contributed by atoms with Gasteiger partial charge in [-0.25, -0.2) is 4.98 Å². The van der Waals surface area contributed by atoms with E-state index in [1.54, 1.807) is 36.6 Å². The molecule has 2 aromatic rings. The van der Waals surface area contributed by atoms with E-state index in [1.807, 2.05) is 25.3 Å². The van der Waals surface area contributed by atoms with Gasteiger partial charge in [-0.2, -0.15) is 0 Å². The second kappa shape index (κ2) is 6.11. The normalized spacial score (nSPS) is 13.9. The molecule has 0 fully saturated rings. The molecular weight excluding hydrogens is 274 g/mol. The van der Waals surface area contributed by atoms with Crippen LogP contribution in [0.5, 0.6) is 0 Å². The quantitative estimate of drug-likeness (QED) is 0.672. The third-order valence-corrected chi connectivity index (χ3v) is 4.21. The molecule has 0 saturated carbocycles. The average Bonchev–Trinajstić information content (AvgIpc) is 2.92. The van der Waals surface area contributed by atoms with Crippen molar-refractivity contribution in [1.82, 2.24) is 10.3 Å². The van der Waals surface area contributed by atoms with E-state index in [1.165, 1.54) is 0 Å². The van der Waals surface area contributed by atoms with Crippen LogP contribution in [0.15, 0.2) is 29.8 Å². The molecule has 6 heteroatoms. The van der Waals surface area contributed by atoms with Crippen LogP contribution < -0.4 is 5.32 Å². The second-order valence-electron chi connectivity index (χ2n) is 4.78. The van der Waals surface area contributed by atoms with Crippen molar-refractivity contribution in [3.05, 3.63) is 56.0 Å². The Kier molecular flexibility index (Phi) is 4.46. The summed E-state index contributed by atoms with van der Waals surface area (Å²) in [7, 11) is 0. The topological polar surface area (TPSA) is 68.1 Å². The van der Waals surface area contributed by atoms with Crippen LogP contribution in [0, 0.1) is 17.0 Å². The minimum atomic E-state index is -0.337. The first kappa shape index (κ1) is 14.6. The molecule has 0 spiro atoms. The highest BCUT2D eigenvalue weighted by atomic mass is 32.1. The van der Waals surface area contributed by atoms with Gasteiger partial charge >= 0.3 is 0 Å². The lowest BCUT2D eigenvalue weighted by Crippen LogP contribution is -2.22. The monoisotopic (exact) mass is 291 g/mol. The standard InChI is InChI=1S/C14H17N3O2S/c1-9-4-5-12(8-13(9)17(18)19)10(2)16-11(3)14-15-6-7-20-14/h4-8,10-11,16H,1-3H3. The fraction of sp³-hybridized carbons (Fsp3) is 0.357. The Hall–Kier alpha value is -1.79. The van der Waals surface area contributed by atoms with Crippen molar-refractivity contribution in [2.75, 3.05) is 0 Å². The van der Waals surface area contributed by atoms with Crippen LogP contribution in [0.3, 0.4) is 0 Å². The fourth-order valence-electron chi connectivity index (χ4n) is 2.08. The molecule has 1 N–H and O–H groups in total. The van der Waals surface area contributed by atoms with Crippen molar-refractivity contribution in [3.63, 3.8) is 0 Å². The summed E-state index contributed by atoms with van der Waals surface area (Å²) < 4.78 is 0. The number of thiazole rings is 1. The molecule has 2 unspecified atom stereocenters. The van der Waals surface area contributed by atoms with Crippen LogP contribution >= 0.6 is 11.3 Å². The molecule has 0 radical (unpaired) electrons. The molecule has 1 aromatic heterocycles. The Morgan fingerprint density at radius 3 is 2.70 bits per heavy atom. The molecule has 106 valence electrons. The maximum Gasteiger partial charge on any atom is 0.272 e. The van der Waals surface area contributed by atoms with E-state index in [2.05, 4.69) is 10.3 Å². The van der Waals surface area contributed by atoms with Crippen LogP contribution in [0.4, 0.5) is 5.69 Å². The van der Waals surface area contributed by atoms with E-state index >= 15 is 0 Å². The predicted octanol–water partition coefficient (Wildman–Crippen LogP) is 3.77. The highest BCUT2D eigenvalue weighted by Crippen LogP contribution is 2.25.